The van der Waals surface area contributed by atoms with Crippen molar-refractivity contribution in [2.24, 2.45) is 0 Å². The summed E-state index contributed by atoms with van der Waals surface area (Å²) < 4.78 is 35.9. The Balaban J connectivity index is 1.67. The van der Waals surface area contributed by atoms with Crippen molar-refractivity contribution >= 4 is 9.84 Å². The number of sulfone groups is 1. The van der Waals surface area contributed by atoms with Gasteiger partial charge in [0.05, 0.1) is 11.5 Å². The lowest BCUT2D eigenvalue weighted by molar-refractivity contribution is 0.403. The fourth-order valence-electron chi connectivity index (χ4n) is 3.10. The van der Waals surface area contributed by atoms with E-state index in [0.29, 0.717) is 12.8 Å². The van der Waals surface area contributed by atoms with Gasteiger partial charge in [-0.15, -0.1) is 0 Å². The van der Waals surface area contributed by atoms with Crippen LogP contribution >= 0.6 is 0 Å². The molecule has 5 heteroatoms. The zero-order valence-corrected chi connectivity index (χ0v) is 11.5. The van der Waals surface area contributed by atoms with Crippen molar-refractivity contribution in [2.45, 2.75) is 37.8 Å². The first-order chi connectivity index (χ1) is 9.03. The van der Waals surface area contributed by atoms with E-state index < -0.39 is 9.84 Å². The molecule has 1 unspecified atom stereocenters. The molecule has 0 spiro atoms. The van der Waals surface area contributed by atoms with Gasteiger partial charge < -0.3 is 5.32 Å². The third-order valence-electron chi connectivity index (χ3n) is 4.17. The monoisotopic (exact) mass is 283 g/mol. The number of halogens is 1. The van der Waals surface area contributed by atoms with Crippen molar-refractivity contribution in [3.05, 3.63) is 35.1 Å². The SMILES string of the molecule is O=S1(=O)CCC(NC2CCc3cc(F)ccc32)CC1. The van der Waals surface area contributed by atoms with Gasteiger partial charge in [-0.25, -0.2) is 12.8 Å². The van der Waals surface area contributed by atoms with Crippen molar-refractivity contribution in [2.75, 3.05) is 11.5 Å². The lowest BCUT2D eigenvalue weighted by Crippen LogP contribution is -2.39. The summed E-state index contributed by atoms with van der Waals surface area (Å²) in [6, 6.07) is 5.49. The normalized spacial score (nSPS) is 26.3. The predicted octanol–water partition coefficient (Wildman–Crippen LogP) is 1.98. The van der Waals surface area contributed by atoms with Gasteiger partial charge in [-0.3, -0.25) is 0 Å². The van der Waals surface area contributed by atoms with Gasteiger partial charge in [0.1, 0.15) is 15.7 Å². The van der Waals surface area contributed by atoms with Crippen LogP contribution in [-0.2, 0) is 16.3 Å². The van der Waals surface area contributed by atoms with Crippen molar-refractivity contribution in [1.29, 1.82) is 0 Å². The third kappa shape index (κ3) is 2.82. The topological polar surface area (TPSA) is 46.2 Å². The second-order valence-electron chi connectivity index (χ2n) is 5.53. The van der Waals surface area contributed by atoms with E-state index in [1.165, 1.54) is 11.6 Å². The highest BCUT2D eigenvalue weighted by Gasteiger charge is 2.28. The number of aryl methyl sites for hydroxylation is 1. The molecular weight excluding hydrogens is 265 g/mol. The molecule has 3 rings (SSSR count). The number of fused-ring (bicyclic) bond motifs is 1. The maximum atomic E-state index is 13.1. The lowest BCUT2D eigenvalue weighted by atomic mass is 10.1. The molecule has 0 amide bonds. The molecule has 1 aliphatic carbocycles. The number of hydrogen-bond acceptors (Lipinski definition) is 3. The van der Waals surface area contributed by atoms with Gasteiger partial charge >= 0.3 is 0 Å². The second-order valence-corrected chi connectivity index (χ2v) is 7.83. The Labute approximate surface area is 113 Å². The number of nitrogens with one attached hydrogen (secondary N) is 1. The molecule has 2 aliphatic rings. The van der Waals surface area contributed by atoms with Gasteiger partial charge in [0.15, 0.2) is 0 Å². The van der Waals surface area contributed by atoms with Crippen molar-refractivity contribution < 1.29 is 12.8 Å². The van der Waals surface area contributed by atoms with E-state index in [1.54, 1.807) is 6.07 Å². The summed E-state index contributed by atoms with van der Waals surface area (Å²) in [5, 5.41) is 3.54. The molecule has 0 aromatic heterocycles. The van der Waals surface area contributed by atoms with E-state index in [1.807, 2.05) is 6.07 Å². The van der Waals surface area contributed by atoms with E-state index in [-0.39, 0.29) is 29.4 Å². The van der Waals surface area contributed by atoms with E-state index in [4.69, 9.17) is 0 Å². The Morgan fingerprint density at radius 1 is 1.16 bits per heavy atom. The van der Waals surface area contributed by atoms with Crippen LogP contribution in [0, 0.1) is 5.82 Å². The standard InChI is InChI=1S/C14H18FNO2S/c15-11-2-3-13-10(9-11)1-4-14(13)16-12-5-7-19(17,18)8-6-12/h2-3,9,12,14,16H,1,4-8H2. The molecular formula is C14H18FNO2S. The van der Waals surface area contributed by atoms with Crippen LogP contribution in [0.3, 0.4) is 0 Å². The maximum Gasteiger partial charge on any atom is 0.150 e. The molecule has 1 saturated heterocycles. The first-order valence-corrected chi connectivity index (χ1v) is 8.60. The molecule has 1 aromatic carbocycles. The summed E-state index contributed by atoms with van der Waals surface area (Å²) in [6.45, 7) is 0. The molecule has 1 atom stereocenters. The van der Waals surface area contributed by atoms with Crippen molar-refractivity contribution in [1.82, 2.24) is 5.32 Å². The molecule has 1 fully saturated rings. The first kappa shape index (κ1) is 13.1. The molecule has 1 aromatic rings. The maximum absolute atomic E-state index is 13.1. The predicted molar refractivity (Wildman–Crippen MR) is 72.3 cm³/mol. The average Bonchev–Trinajstić information content (AvgIpc) is 2.74. The van der Waals surface area contributed by atoms with Gasteiger partial charge in [-0.05, 0) is 48.9 Å². The van der Waals surface area contributed by atoms with Crippen molar-refractivity contribution in [3.63, 3.8) is 0 Å². The van der Waals surface area contributed by atoms with Gasteiger partial charge in [0.25, 0.3) is 0 Å². The van der Waals surface area contributed by atoms with Crippen LogP contribution in [0.1, 0.15) is 36.4 Å². The zero-order chi connectivity index (χ0) is 13.5. The molecule has 1 heterocycles. The van der Waals surface area contributed by atoms with E-state index >= 15 is 0 Å². The average molecular weight is 283 g/mol. The zero-order valence-electron chi connectivity index (χ0n) is 10.7. The van der Waals surface area contributed by atoms with Crippen molar-refractivity contribution in [3.8, 4) is 0 Å². The smallest absolute Gasteiger partial charge is 0.150 e. The van der Waals surface area contributed by atoms with Crippen LogP contribution in [0.2, 0.25) is 0 Å². The Morgan fingerprint density at radius 2 is 1.89 bits per heavy atom. The lowest BCUT2D eigenvalue weighted by Gasteiger charge is -2.27. The van der Waals surface area contributed by atoms with E-state index in [2.05, 4.69) is 5.32 Å². The Morgan fingerprint density at radius 3 is 2.63 bits per heavy atom. The summed E-state index contributed by atoms with van der Waals surface area (Å²) >= 11 is 0. The van der Waals surface area contributed by atoms with Gasteiger partial charge in [-0.1, -0.05) is 6.07 Å². The molecule has 0 saturated carbocycles. The minimum Gasteiger partial charge on any atom is -0.307 e. The summed E-state index contributed by atoms with van der Waals surface area (Å²) in [5.41, 5.74) is 2.26. The minimum atomic E-state index is -2.81. The highest BCUT2D eigenvalue weighted by Crippen LogP contribution is 2.32. The van der Waals surface area contributed by atoms with Gasteiger partial charge in [0.2, 0.25) is 0 Å². The fourth-order valence-corrected chi connectivity index (χ4v) is 4.59. The molecule has 104 valence electrons. The van der Waals surface area contributed by atoms with Crippen LogP contribution in [0.4, 0.5) is 4.39 Å². The van der Waals surface area contributed by atoms with Crippen LogP contribution in [-0.4, -0.2) is 26.0 Å². The van der Waals surface area contributed by atoms with Crippen LogP contribution in [0.5, 0.6) is 0 Å². The molecule has 1 N–H and O–H groups in total. The van der Waals surface area contributed by atoms with Crippen LogP contribution in [0.15, 0.2) is 18.2 Å². The number of hydrogen-bond donors (Lipinski definition) is 1. The number of benzene rings is 1. The highest BCUT2D eigenvalue weighted by atomic mass is 32.2. The molecule has 3 nitrogen and oxygen atoms in total. The minimum absolute atomic E-state index is 0.178. The molecule has 0 bridgehead atoms. The van der Waals surface area contributed by atoms with E-state index in [9.17, 15) is 12.8 Å². The summed E-state index contributed by atoms with van der Waals surface area (Å²) in [7, 11) is -2.81. The second kappa shape index (κ2) is 4.87. The first-order valence-electron chi connectivity index (χ1n) is 6.78. The van der Waals surface area contributed by atoms with E-state index in [0.717, 1.165) is 18.4 Å². The van der Waals surface area contributed by atoms with Gasteiger partial charge in [0, 0.05) is 12.1 Å². The Kier molecular flexibility index (Phi) is 3.35. The summed E-state index contributed by atoms with van der Waals surface area (Å²) in [5.74, 6) is 0.393. The van der Waals surface area contributed by atoms with Gasteiger partial charge in [-0.2, -0.15) is 0 Å². The summed E-state index contributed by atoms with van der Waals surface area (Å²) in [6.07, 6.45) is 3.25. The Hall–Kier alpha value is -0.940. The van der Waals surface area contributed by atoms with Crippen LogP contribution in [0.25, 0.3) is 0 Å². The molecule has 0 radical (unpaired) electrons. The number of rotatable bonds is 2. The fraction of sp³-hybridized carbons (Fsp3) is 0.571. The quantitative estimate of drug-likeness (QED) is 0.903. The largest absolute Gasteiger partial charge is 0.307 e. The Bertz CT molecular complexity index is 571. The van der Waals surface area contributed by atoms with Crippen LogP contribution < -0.4 is 5.32 Å². The molecule has 1 aliphatic heterocycles. The highest BCUT2D eigenvalue weighted by molar-refractivity contribution is 7.91. The molecule has 19 heavy (non-hydrogen) atoms. The third-order valence-corrected chi connectivity index (χ3v) is 5.89. The summed E-state index contributed by atoms with van der Waals surface area (Å²) in [4.78, 5) is 0.